The van der Waals surface area contributed by atoms with Crippen LogP contribution in [0.2, 0.25) is 0 Å². The lowest BCUT2D eigenvalue weighted by Crippen LogP contribution is -2.02. The first-order valence-electron chi connectivity index (χ1n) is 2.88. The molecule has 1 atom stereocenters. The van der Waals surface area contributed by atoms with Crippen LogP contribution in [0.15, 0.2) is 23.6 Å². The number of hydrogen-bond acceptors (Lipinski definition) is 0. The fourth-order valence-corrected chi connectivity index (χ4v) is 0.769. The number of hydrogen-bond donors (Lipinski definition) is 0. The highest BCUT2D eigenvalue weighted by atomic mass is 19.2. The number of allylic oxidation sites excluding steroid dienone is 4. The van der Waals surface area contributed by atoms with E-state index in [1.165, 1.54) is 6.08 Å². The SMILES string of the molecule is CC1=CC[C@H](F)C(F)=C1. The van der Waals surface area contributed by atoms with Gasteiger partial charge in [-0.1, -0.05) is 11.6 Å². The van der Waals surface area contributed by atoms with Gasteiger partial charge in [-0.25, -0.2) is 8.78 Å². The van der Waals surface area contributed by atoms with E-state index in [0.29, 0.717) is 0 Å². The highest BCUT2D eigenvalue weighted by Crippen LogP contribution is 2.20. The lowest BCUT2D eigenvalue weighted by Gasteiger charge is -2.07. The number of alkyl halides is 1. The van der Waals surface area contributed by atoms with Crippen molar-refractivity contribution in [1.29, 1.82) is 0 Å². The van der Waals surface area contributed by atoms with Gasteiger partial charge in [0, 0.05) is 6.42 Å². The third-order valence-corrected chi connectivity index (χ3v) is 1.31. The van der Waals surface area contributed by atoms with Gasteiger partial charge in [0.25, 0.3) is 0 Å². The van der Waals surface area contributed by atoms with Gasteiger partial charge in [-0.05, 0) is 13.0 Å². The normalized spacial score (nSPS) is 27.2. The minimum absolute atomic E-state index is 0.189. The Morgan fingerprint density at radius 3 is 2.78 bits per heavy atom. The molecule has 2 heteroatoms. The molecule has 0 saturated heterocycles. The molecule has 0 N–H and O–H groups in total. The van der Waals surface area contributed by atoms with Gasteiger partial charge < -0.3 is 0 Å². The first-order chi connectivity index (χ1) is 4.20. The standard InChI is InChI=1S/C7H8F2/c1-5-2-3-6(8)7(9)4-5/h2,4,6H,3H2,1H3/t6-/m0/s1. The van der Waals surface area contributed by atoms with E-state index in [-0.39, 0.29) is 6.42 Å². The molecule has 0 radical (unpaired) electrons. The molecule has 1 aliphatic rings. The summed E-state index contributed by atoms with van der Waals surface area (Å²) in [7, 11) is 0. The van der Waals surface area contributed by atoms with Gasteiger partial charge in [-0.3, -0.25) is 0 Å². The average molecular weight is 130 g/mol. The molecular weight excluding hydrogens is 122 g/mol. The quantitative estimate of drug-likeness (QED) is 0.472. The van der Waals surface area contributed by atoms with Crippen LogP contribution in [0.5, 0.6) is 0 Å². The molecule has 1 aliphatic carbocycles. The summed E-state index contributed by atoms with van der Waals surface area (Å²) >= 11 is 0. The summed E-state index contributed by atoms with van der Waals surface area (Å²) < 4.78 is 24.5. The van der Waals surface area contributed by atoms with Crippen molar-refractivity contribution in [1.82, 2.24) is 0 Å². The Balaban J connectivity index is 2.74. The number of rotatable bonds is 0. The predicted molar refractivity (Wildman–Crippen MR) is 32.5 cm³/mol. The maximum Gasteiger partial charge on any atom is 0.155 e. The van der Waals surface area contributed by atoms with Crippen LogP contribution in [0, 0.1) is 0 Å². The van der Waals surface area contributed by atoms with Crippen LogP contribution in [-0.2, 0) is 0 Å². The van der Waals surface area contributed by atoms with Crippen LogP contribution in [0.3, 0.4) is 0 Å². The Hall–Kier alpha value is -0.660. The Morgan fingerprint density at radius 1 is 1.67 bits per heavy atom. The molecule has 0 heterocycles. The Morgan fingerprint density at radius 2 is 2.33 bits per heavy atom. The monoisotopic (exact) mass is 130 g/mol. The van der Waals surface area contributed by atoms with Crippen LogP contribution in [0.25, 0.3) is 0 Å². The Labute approximate surface area is 52.9 Å². The smallest absolute Gasteiger partial charge is 0.155 e. The molecule has 0 unspecified atom stereocenters. The number of halogens is 2. The maximum atomic E-state index is 12.3. The molecule has 0 saturated carbocycles. The van der Waals surface area contributed by atoms with Gasteiger partial charge >= 0.3 is 0 Å². The first-order valence-corrected chi connectivity index (χ1v) is 2.88. The highest BCUT2D eigenvalue weighted by molar-refractivity contribution is 5.25. The molecule has 50 valence electrons. The van der Waals surface area contributed by atoms with Crippen LogP contribution >= 0.6 is 0 Å². The van der Waals surface area contributed by atoms with Crippen molar-refractivity contribution in [2.24, 2.45) is 0 Å². The Kier molecular flexibility index (Phi) is 1.65. The second kappa shape index (κ2) is 2.29. The predicted octanol–water partition coefficient (Wildman–Crippen LogP) is 2.53. The molecule has 0 aliphatic heterocycles. The molecule has 0 aromatic rings. The van der Waals surface area contributed by atoms with Crippen LogP contribution in [-0.4, -0.2) is 6.17 Å². The van der Waals surface area contributed by atoms with Crippen LogP contribution in [0.4, 0.5) is 8.78 Å². The molecule has 1 rings (SSSR count). The summed E-state index contributed by atoms with van der Waals surface area (Å²) in [4.78, 5) is 0. The van der Waals surface area contributed by atoms with Crippen molar-refractivity contribution in [3.05, 3.63) is 23.6 Å². The first kappa shape index (κ1) is 6.46. The van der Waals surface area contributed by atoms with E-state index in [1.807, 2.05) is 0 Å². The van der Waals surface area contributed by atoms with Crippen molar-refractivity contribution >= 4 is 0 Å². The minimum atomic E-state index is -1.39. The molecule has 0 aromatic heterocycles. The van der Waals surface area contributed by atoms with Gasteiger partial charge in [0.05, 0.1) is 0 Å². The van der Waals surface area contributed by atoms with Crippen LogP contribution in [0.1, 0.15) is 13.3 Å². The van der Waals surface area contributed by atoms with Gasteiger partial charge in [-0.15, -0.1) is 0 Å². The minimum Gasteiger partial charge on any atom is -0.239 e. The molecule has 0 bridgehead atoms. The largest absolute Gasteiger partial charge is 0.239 e. The lowest BCUT2D eigenvalue weighted by atomic mass is 10.1. The van der Waals surface area contributed by atoms with E-state index >= 15 is 0 Å². The topological polar surface area (TPSA) is 0 Å². The van der Waals surface area contributed by atoms with E-state index in [4.69, 9.17) is 0 Å². The maximum absolute atomic E-state index is 12.3. The Bertz CT molecular complexity index is 168. The summed E-state index contributed by atoms with van der Waals surface area (Å²) in [6, 6.07) is 0. The van der Waals surface area contributed by atoms with Crippen molar-refractivity contribution in [3.8, 4) is 0 Å². The van der Waals surface area contributed by atoms with E-state index in [1.54, 1.807) is 13.0 Å². The molecule has 9 heavy (non-hydrogen) atoms. The van der Waals surface area contributed by atoms with E-state index in [9.17, 15) is 8.78 Å². The second-order valence-electron chi connectivity index (χ2n) is 2.18. The lowest BCUT2D eigenvalue weighted by molar-refractivity contribution is 0.324. The molecule has 0 nitrogen and oxygen atoms in total. The summed E-state index contributed by atoms with van der Waals surface area (Å²) in [5, 5.41) is 0. The zero-order chi connectivity index (χ0) is 6.85. The zero-order valence-electron chi connectivity index (χ0n) is 5.20. The van der Waals surface area contributed by atoms with Crippen molar-refractivity contribution in [3.63, 3.8) is 0 Å². The van der Waals surface area contributed by atoms with Gasteiger partial charge in [0.1, 0.15) is 5.83 Å². The highest BCUT2D eigenvalue weighted by Gasteiger charge is 2.14. The molecule has 0 aromatic carbocycles. The van der Waals surface area contributed by atoms with Gasteiger partial charge in [-0.2, -0.15) is 0 Å². The summed E-state index contributed by atoms with van der Waals surface area (Å²) in [6.07, 6.45) is 1.71. The van der Waals surface area contributed by atoms with Crippen molar-refractivity contribution < 1.29 is 8.78 Å². The molecule has 0 amide bonds. The van der Waals surface area contributed by atoms with E-state index in [0.717, 1.165) is 5.57 Å². The summed E-state index contributed by atoms with van der Waals surface area (Å²) in [5.74, 6) is -0.644. The third-order valence-electron chi connectivity index (χ3n) is 1.31. The van der Waals surface area contributed by atoms with Gasteiger partial charge in [0.2, 0.25) is 0 Å². The van der Waals surface area contributed by atoms with Crippen molar-refractivity contribution in [2.75, 3.05) is 0 Å². The summed E-state index contributed by atoms with van der Waals surface area (Å²) in [6.45, 7) is 1.76. The van der Waals surface area contributed by atoms with Crippen molar-refractivity contribution in [2.45, 2.75) is 19.5 Å². The van der Waals surface area contributed by atoms with E-state index in [2.05, 4.69) is 0 Å². The fourth-order valence-electron chi connectivity index (χ4n) is 0.769. The van der Waals surface area contributed by atoms with Crippen LogP contribution < -0.4 is 0 Å². The molecule has 0 spiro atoms. The molecular formula is C7H8F2. The second-order valence-corrected chi connectivity index (χ2v) is 2.18. The zero-order valence-corrected chi connectivity index (χ0v) is 5.20. The third kappa shape index (κ3) is 1.37. The fraction of sp³-hybridized carbons (Fsp3) is 0.429. The molecule has 0 fully saturated rings. The average Bonchev–Trinajstić information content (AvgIpc) is 1.80. The van der Waals surface area contributed by atoms with E-state index < -0.39 is 12.0 Å². The summed E-state index contributed by atoms with van der Waals surface area (Å²) in [5.41, 5.74) is 0.807. The van der Waals surface area contributed by atoms with Gasteiger partial charge in [0.15, 0.2) is 6.17 Å².